The second kappa shape index (κ2) is 6.77. The van der Waals surface area contributed by atoms with Crippen LogP contribution in [0.5, 0.6) is 5.75 Å². The number of carboxylic acids is 1. The van der Waals surface area contributed by atoms with Gasteiger partial charge in [0.15, 0.2) is 0 Å². The summed E-state index contributed by atoms with van der Waals surface area (Å²) in [5.41, 5.74) is 0.694. The van der Waals surface area contributed by atoms with Crippen molar-refractivity contribution in [3.05, 3.63) is 34.3 Å². The molecule has 1 N–H and O–H groups in total. The largest absolute Gasteiger partial charge is 0.480 e. The Morgan fingerprint density at radius 3 is 3.00 bits per heavy atom. The third kappa shape index (κ3) is 4.75. The third-order valence-corrected chi connectivity index (χ3v) is 2.35. The highest BCUT2D eigenvalue weighted by molar-refractivity contribution is 9.10. The van der Waals surface area contributed by atoms with Crippen molar-refractivity contribution in [3.63, 3.8) is 0 Å². The predicted molar refractivity (Wildman–Crippen MR) is 69.8 cm³/mol. The normalized spacial score (nSPS) is 9.76. The molecule has 0 aliphatic rings. The highest BCUT2D eigenvalue weighted by Crippen LogP contribution is 2.24. The van der Waals surface area contributed by atoms with Crippen LogP contribution in [0.25, 0.3) is 6.08 Å². The maximum atomic E-state index is 10.5. The summed E-state index contributed by atoms with van der Waals surface area (Å²) in [5.74, 6) is 5.11. The van der Waals surface area contributed by atoms with Gasteiger partial charge in [0.05, 0.1) is 0 Å². The number of halogens is 1. The highest BCUT2D eigenvalue weighted by atomic mass is 79.9. The van der Waals surface area contributed by atoms with E-state index in [9.17, 15) is 4.79 Å². The Bertz CT molecular complexity index is 495. The van der Waals surface area contributed by atoms with Gasteiger partial charge in [-0.05, 0) is 31.2 Å². The van der Waals surface area contributed by atoms with Gasteiger partial charge in [-0.15, -0.1) is 5.92 Å². The van der Waals surface area contributed by atoms with E-state index in [1.807, 2.05) is 6.07 Å². The molecule has 0 unspecified atom stereocenters. The van der Waals surface area contributed by atoms with Gasteiger partial charge in [0.2, 0.25) is 0 Å². The van der Waals surface area contributed by atoms with E-state index in [1.165, 1.54) is 6.08 Å². The lowest BCUT2D eigenvalue weighted by Crippen LogP contribution is -1.96. The number of carboxylic acid groups (broad SMARTS) is 1. The Morgan fingerprint density at radius 1 is 1.59 bits per heavy atom. The van der Waals surface area contributed by atoms with Gasteiger partial charge < -0.3 is 9.84 Å². The van der Waals surface area contributed by atoms with Crippen molar-refractivity contribution in [3.8, 4) is 17.6 Å². The molecule has 88 valence electrons. The van der Waals surface area contributed by atoms with Crippen LogP contribution < -0.4 is 4.74 Å². The first-order valence-corrected chi connectivity index (χ1v) is 5.65. The maximum Gasteiger partial charge on any atom is 0.328 e. The number of rotatable bonds is 4. The van der Waals surface area contributed by atoms with Crippen LogP contribution in [0.1, 0.15) is 12.5 Å². The van der Waals surface area contributed by atoms with E-state index in [2.05, 4.69) is 27.8 Å². The van der Waals surface area contributed by atoms with Crippen LogP contribution in [-0.4, -0.2) is 17.7 Å². The average molecular weight is 295 g/mol. The topological polar surface area (TPSA) is 46.5 Å². The molecule has 0 saturated heterocycles. The van der Waals surface area contributed by atoms with E-state index < -0.39 is 5.97 Å². The lowest BCUT2D eigenvalue weighted by molar-refractivity contribution is -0.131. The molecule has 3 nitrogen and oxygen atoms in total. The number of hydrogen-bond acceptors (Lipinski definition) is 2. The molecule has 0 bridgehead atoms. The standard InChI is InChI=1S/C13H11BrO3/c1-2-3-8-17-12-6-5-11(14)9-10(12)4-7-13(15)16/h4-7,9H,8H2,1H3,(H,15,16)/b7-4+. The van der Waals surface area contributed by atoms with E-state index in [-0.39, 0.29) is 6.61 Å². The van der Waals surface area contributed by atoms with Gasteiger partial charge in [0, 0.05) is 16.1 Å². The molecular weight excluding hydrogens is 284 g/mol. The van der Waals surface area contributed by atoms with Crippen molar-refractivity contribution in [2.75, 3.05) is 6.61 Å². The van der Waals surface area contributed by atoms with Crippen LogP contribution in [0.2, 0.25) is 0 Å². The van der Waals surface area contributed by atoms with Crippen molar-refractivity contribution < 1.29 is 14.6 Å². The van der Waals surface area contributed by atoms with Crippen molar-refractivity contribution >= 4 is 28.0 Å². The first kappa shape index (κ1) is 13.3. The fourth-order valence-corrected chi connectivity index (χ4v) is 1.51. The first-order valence-electron chi connectivity index (χ1n) is 4.86. The monoisotopic (exact) mass is 294 g/mol. The smallest absolute Gasteiger partial charge is 0.328 e. The minimum absolute atomic E-state index is 0.284. The second-order valence-corrected chi connectivity index (χ2v) is 3.98. The molecule has 0 amide bonds. The average Bonchev–Trinajstić information content (AvgIpc) is 2.29. The first-order chi connectivity index (χ1) is 8.13. The van der Waals surface area contributed by atoms with Gasteiger partial charge >= 0.3 is 5.97 Å². The summed E-state index contributed by atoms with van der Waals surface area (Å²) in [7, 11) is 0. The molecule has 0 fully saturated rings. The van der Waals surface area contributed by atoms with Gasteiger partial charge in [0.25, 0.3) is 0 Å². The fourth-order valence-electron chi connectivity index (χ4n) is 1.13. The van der Waals surface area contributed by atoms with Crippen molar-refractivity contribution in [2.24, 2.45) is 0 Å². The lowest BCUT2D eigenvalue weighted by Gasteiger charge is -2.06. The van der Waals surface area contributed by atoms with Crippen LogP contribution in [0, 0.1) is 11.8 Å². The Hall–Kier alpha value is -1.73. The van der Waals surface area contributed by atoms with Gasteiger partial charge in [0.1, 0.15) is 12.4 Å². The van der Waals surface area contributed by atoms with Crippen LogP contribution >= 0.6 is 15.9 Å². The van der Waals surface area contributed by atoms with Crippen LogP contribution in [0.4, 0.5) is 0 Å². The summed E-state index contributed by atoms with van der Waals surface area (Å²) in [6.07, 6.45) is 2.56. The Balaban J connectivity index is 2.93. The molecule has 0 aliphatic carbocycles. The minimum Gasteiger partial charge on any atom is -0.480 e. The number of hydrogen-bond donors (Lipinski definition) is 1. The molecule has 0 radical (unpaired) electrons. The Morgan fingerprint density at radius 2 is 2.35 bits per heavy atom. The number of ether oxygens (including phenoxy) is 1. The number of carbonyl (C=O) groups is 1. The molecule has 0 spiro atoms. The predicted octanol–water partition coefficient (Wildman–Crippen LogP) is 2.95. The summed E-state index contributed by atoms with van der Waals surface area (Å²) in [5, 5.41) is 8.59. The number of aliphatic carboxylic acids is 1. The quantitative estimate of drug-likeness (QED) is 0.686. The molecule has 0 aliphatic heterocycles. The fraction of sp³-hybridized carbons (Fsp3) is 0.154. The van der Waals surface area contributed by atoms with Crippen LogP contribution in [-0.2, 0) is 4.79 Å². The molecule has 1 aromatic rings. The summed E-state index contributed by atoms with van der Waals surface area (Å²) >= 11 is 3.32. The van der Waals surface area contributed by atoms with Crippen molar-refractivity contribution in [1.29, 1.82) is 0 Å². The molecular formula is C13H11BrO3. The molecule has 4 heteroatoms. The van der Waals surface area contributed by atoms with Crippen LogP contribution in [0.3, 0.4) is 0 Å². The van der Waals surface area contributed by atoms with E-state index in [0.717, 1.165) is 10.5 Å². The maximum absolute atomic E-state index is 10.5. The summed E-state index contributed by atoms with van der Waals surface area (Å²) in [6, 6.07) is 5.38. The van der Waals surface area contributed by atoms with Crippen LogP contribution in [0.15, 0.2) is 28.7 Å². The summed E-state index contributed by atoms with van der Waals surface area (Å²) in [6.45, 7) is 2.02. The second-order valence-electron chi connectivity index (χ2n) is 3.07. The minimum atomic E-state index is -0.996. The zero-order chi connectivity index (χ0) is 12.7. The van der Waals surface area contributed by atoms with E-state index in [4.69, 9.17) is 9.84 Å². The molecule has 0 saturated carbocycles. The van der Waals surface area contributed by atoms with E-state index >= 15 is 0 Å². The van der Waals surface area contributed by atoms with Gasteiger partial charge in [-0.25, -0.2) is 4.79 Å². The summed E-state index contributed by atoms with van der Waals surface area (Å²) < 4.78 is 6.28. The van der Waals surface area contributed by atoms with E-state index in [1.54, 1.807) is 19.1 Å². The number of benzene rings is 1. The van der Waals surface area contributed by atoms with Gasteiger partial charge in [-0.1, -0.05) is 21.9 Å². The van der Waals surface area contributed by atoms with Gasteiger partial charge in [-0.3, -0.25) is 0 Å². The molecule has 1 rings (SSSR count). The zero-order valence-corrected chi connectivity index (χ0v) is 10.8. The Labute approximate surface area is 108 Å². The molecule has 0 aromatic heterocycles. The summed E-state index contributed by atoms with van der Waals surface area (Å²) in [4.78, 5) is 10.5. The molecule has 1 aromatic carbocycles. The Kier molecular flexibility index (Phi) is 5.31. The molecule has 0 atom stereocenters. The molecule has 17 heavy (non-hydrogen) atoms. The van der Waals surface area contributed by atoms with Gasteiger partial charge in [-0.2, -0.15) is 0 Å². The third-order valence-electron chi connectivity index (χ3n) is 1.85. The zero-order valence-electron chi connectivity index (χ0n) is 9.24. The van der Waals surface area contributed by atoms with Crippen molar-refractivity contribution in [2.45, 2.75) is 6.92 Å². The highest BCUT2D eigenvalue weighted by Gasteiger charge is 2.01. The lowest BCUT2D eigenvalue weighted by atomic mass is 10.2. The SMILES string of the molecule is CC#CCOc1ccc(Br)cc1/C=C/C(=O)O. The van der Waals surface area contributed by atoms with Crippen molar-refractivity contribution in [1.82, 2.24) is 0 Å². The molecule has 0 heterocycles. The van der Waals surface area contributed by atoms with E-state index in [0.29, 0.717) is 11.3 Å².